The Balaban J connectivity index is 2.94. The molecule has 4 heteroatoms. The van der Waals surface area contributed by atoms with Gasteiger partial charge in [0.2, 0.25) is 0 Å². The van der Waals surface area contributed by atoms with Crippen molar-refractivity contribution in [3.63, 3.8) is 0 Å². The van der Waals surface area contributed by atoms with Crippen LogP contribution < -0.4 is 0 Å². The second-order valence-electron chi connectivity index (χ2n) is 2.67. The summed E-state index contributed by atoms with van der Waals surface area (Å²) in [6.45, 7) is 0. The van der Waals surface area contributed by atoms with Crippen LogP contribution in [0, 0.1) is 22.7 Å². The fourth-order valence-electron chi connectivity index (χ4n) is 1.26. The van der Waals surface area contributed by atoms with Gasteiger partial charge in [0.15, 0.2) is 0 Å². The average molecular weight is 263 g/mol. The Morgan fingerprint density at radius 3 is 2.50 bits per heavy atom. The van der Waals surface area contributed by atoms with Crippen molar-refractivity contribution in [3.8, 4) is 12.1 Å². The zero-order valence-electron chi connectivity index (χ0n) is 6.91. The van der Waals surface area contributed by atoms with E-state index in [0.717, 1.165) is 14.6 Å². The van der Waals surface area contributed by atoms with Gasteiger partial charge in [-0.2, -0.15) is 10.5 Å². The second-order valence-corrected chi connectivity index (χ2v) is 4.38. The van der Waals surface area contributed by atoms with E-state index in [2.05, 4.69) is 28.1 Å². The molecule has 0 radical (unpaired) electrons. The lowest BCUT2D eigenvalue weighted by Crippen LogP contribution is -1.79. The summed E-state index contributed by atoms with van der Waals surface area (Å²) < 4.78 is 1.74. The first-order valence-corrected chi connectivity index (χ1v) is 5.45. The molecule has 0 N–H and O–H groups in total. The third kappa shape index (κ3) is 1.21. The Labute approximate surface area is 93.1 Å². The minimum atomic E-state index is 0.562. The van der Waals surface area contributed by atoms with Crippen molar-refractivity contribution in [3.05, 3.63) is 33.1 Å². The van der Waals surface area contributed by atoms with Crippen molar-refractivity contribution >= 4 is 37.4 Å². The molecule has 0 aliphatic rings. The van der Waals surface area contributed by atoms with E-state index >= 15 is 0 Å². The van der Waals surface area contributed by atoms with Gasteiger partial charge in [-0.1, -0.05) is 0 Å². The zero-order valence-corrected chi connectivity index (χ0v) is 9.32. The van der Waals surface area contributed by atoms with Crippen LogP contribution in [0.5, 0.6) is 0 Å². The first-order chi connectivity index (χ1) is 6.77. The summed E-state index contributed by atoms with van der Waals surface area (Å²) in [4.78, 5) is 0. The summed E-state index contributed by atoms with van der Waals surface area (Å²) in [5, 5.41) is 20.3. The van der Waals surface area contributed by atoms with E-state index in [1.54, 1.807) is 11.4 Å². The summed E-state index contributed by atoms with van der Waals surface area (Å²) in [6.07, 6.45) is 0. The molecule has 1 heterocycles. The number of hydrogen-bond acceptors (Lipinski definition) is 3. The Kier molecular flexibility index (Phi) is 2.25. The van der Waals surface area contributed by atoms with Crippen LogP contribution in [-0.4, -0.2) is 0 Å². The van der Waals surface area contributed by atoms with Crippen molar-refractivity contribution in [2.24, 2.45) is 0 Å². The van der Waals surface area contributed by atoms with Gasteiger partial charge < -0.3 is 0 Å². The fourth-order valence-corrected chi connectivity index (χ4v) is 2.93. The second kappa shape index (κ2) is 3.42. The lowest BCUT2D eigenvalue weighted by molar-refractivity contribution is 1.48. The molecule has 0 saturated heterocycles. The summed E-state index contributed by atoms with van der Waals surface area (Å²) in [5.41, 5.74) is 1.18. The van der Waals surface area contributed by atoms with Gasteiger partial charge in [-0.05, 0) is 28.1 Å². The van der Waals surface area contributed by atoms with E-state index in [1.165, 1.54) is 11.3 Å². The van der Waals surface area contributed by atoms with E-state index in [-0.39, 0.29) is 0 Å². The van der Waals surface area contributed by atoms with Crippen LogP contribution >= 0.6 is 27.3 Å². The molecule has 66 valence electrons. The smallest absolute Gasteiger partial charge is 0.101 e. The van der Waals surface area contributed by atoms with E-state index in [1.807, 2.05) is 6.07 Å². The Hall–Kier alpha value is -1.36. The molecule has 2 aromatic rings. The number of benzene rings is 1. The molecular formula is C10H3BrN2S. The van der Waals surface area contributed by atoms with Crippen LogP contribution in [0.3, 0.4) is 0 Å². The van der Waals surface area contributed by atoms with Gasteiger partial charge in [-0.3, -0.25) is 0 Å². The molecule has 2 rings (SSSR count). The highest BCUT2D eigenvalue weighted by atomic mass is 79.9. The average Bonchev–Trinajstić information content (AvgIpc) is 2.62. The van der Waals surface area contributed by atoms with Gasteiger partial charge in [0.1, 0.15) is 12.1 Å². The quantitative estimate of drug-likeness (QED) is 0.731. The largest absolute Gasteiger partial charge is 0.192 e. The number of halogens is 1. The summed E-state index contributed by atoms with van der Waals surface area (Å²) in [5.74, 6) is 0. The van der Waals surface area contributed by atoms with Gasteiger partial charge in [0.25, 0.3) is 0 Å². The number of fused-ring (bicyclic) bond motifs is 1. The Morgan fingerprint density at radius 2 is 1.86 bits per heavy atom. The highest BCUT2D eigenvalue weighted by Gasteiger charge is 2.10. The standard InChI is InChI=1S/C10H3BrN2S/c11-10-6(3-12)1-2-8-9(10)7(4-13)5-14-8/h1-2,5H. The number of thiophene rings is 1. The molecule has 1 aromatic heterocycles. The predicted octanol–water partition coefficient (Wildman–Crippen LogP) is 3.41. The molecule has 0 bridgehead atoms. The number of nitriles is 2. The highest BCUT2D eigenvalue weighted by Crippen LogP contribution is 2.34. The van der Waals surface area contributed by atoms with Crippen molar-refractivity contribution in [1.29, 1.82) is 10.5 Å². The molecule has 2 nitrogen and oxygen atoms in total. The summed E-state index contributed by atoms with van der Waals surface area (Å²) >= 11 is 4.86. The first kappa shape index (κ1) is 9.21. The highest BCUT2D eigenvalue weighted by molar-refractivity contribution is 9.10. The molecule has 0 fully saturated rings. The van der Waals surface area contributed by atoms with E-state index in [9.17, 15) is 0 Å². The van der Waals surface area contributed by atoms with E-state index in [4.69, 9.17) is 10.5 Å². The van der Waals surface area contributed by atoms with Crippen LogP contribution in [0.2, 0.25) is 0 Å². The first-order valence-electron chi connectivity index (χ1n) is 3.78. The SMILES string of the molecule is N#Cc1ccc2scc(C#N)c2c1Br. The molecule has 0 unspecified atom stereocenters. The molecule has 0 aliphatic carbocycles. The molecule has 0 spiro atoms. The zero-order chi connectivity index (χ0) is 10.1. The van der Waals surface area contributed by atoms with E-state index in [0.29, 0.717) is 11.1 Å². The van der Waals surface area contributed by atoms with Crippen molar-refractivity contribution in [2.45, 2.75) is 0 Å². The van der Waals surface area contributed by atoms with Crippen LogP contribution in [0.1, 0.15) is 11.1 Å². The van der Waals surface area contributed by atoms with Crippen LogP contribution in [-0.2, 0) is 0 Å². The van der Waals surface area contributed by atoms with Gasteiger partial charge in [-0.15, -0.1) is 11.3 Å². The Bertz CT molecular complexity index is 586. The van der Waals surface area contributed by atoms with Crippen LogP contribution in [0.15, 0.2) is 22.0 Å². The minimum absolute atomic E-state index is 0.562. The third-order valence-corrected chi connectivity index (χ3v) is 3.69. The summed E-state index contributed by atoms with van der Waals surface area (Å²) in [6, 6.07) is 7.81. The third-order valence-electron chi connectivity index (χ3n) is 1.92. The van der Waals surface area contributed by atoms with Gasteiger partial charge >= 0.3 is 0 Å². The monoisotopic (exact) mass is 262 g/mol. The normalized spacial score (nSPS) is 9.64. The number of rotatable bonds is 0. The maximum atomic E-state index is 8.87. The molecule has 0 atom stereocenters. The van der Waals surface area contributed by atoms with Gasteiger partial charge in [-0.25, -0.2) is 0 Å². The predicted molar refractivity (Wildman–Crippen MR) is 59.0 cm³/mol. The number of nitrogens with zero attached hydrogens (tertiary/aromatic N) is 2. The maximum Gasteiger partial charge on any atom is 0.101 e. The molecule has 0 aliphatic heterocycles. The lowest BCUT2D eigenvalue weighted by Gasteiger charge is -1.97. The van der Waals surface area contributed by atoms with Crippen molar-refractivity contribution in [1.82, 2.24) is 0 Å². The minimum Gasteiger partial charge on any atom is -0.192 e. The van der Waals surface area contributed by atoms with E-state index < -0.39 is 0 Å². The molecule has 14 heavy (non-hydrogen) atoms. The van der Waals surface area contributed by atoms with Crippen molar-refractivity contribution in [2.75, 3.05) is 0 Å². The molecular weight excluding hydrogens is 260 g/mol. The van der Waals surface area contributed by atoms with Crippen LogP contribution in [0.25, 0.3) is 10.1 Å². The lowest BCUT2D eigenvalue weighted by atomic mass is 10.1. The Morgan fingerprint density at radius 1 is 1.14 bits per heavy atom. The maximum absolute atomic E-state index is 8.87. The van der Waals surface area contributed by atoms with Crippen molar-refractivity contribution < 1.29 is 0 Å². The summed E-state index contributed by atoms with van der Waals surface area (Å²) in [7, 11) is 0. The fraction of sp³-hybridized carbons (Fsp3) is 0. The van der Waals surface area contributed by atoms with Crippen LogP contribution in [0.4, 0.5) is 0 Å². The molecule has 0 amide bonds. The van der Waals surface area contributed by atoms with Gasteiger partial charge in [0, 0.05) is 19.9 Å². The number of hydrogen-bond donors (Lipinski definition) is 0. The molecule has 1 aromatic carbocycles. The van der Waals surface area contributed by atoms with Gasteiger partial charge in [0.05, 0.1) is 11.1 Å². The molecule has 0 saturated carbocycles. The topological polar surface area (TPSA) is 47.6 Å².